The fraction of sp³-hybridized carbons (Fsp3) is 0.883. The van der Waals surface area contributed by atoms with Crippen LogP contribution in [0, 0.1) is 0 Å². The highest BCUT2D eigenvalue weighted by Gasteiger charge is 2.27. The molecule has 408 valence electrons. The van der Waals surface area contributed by atoms with E-state index in [2.05, 4.69) is 43.5 Å². The Bertz CT molecular complexity index is 1220. The predicted molar refractivity (Wildman–Crippen MR) is 300 cm³/mol. The van der Waals surface area contributed by atoms with Crippen LogP contribution in [0.3, 0.4) is 0 Å². The van der Waals surface area contributed by atoms with E-state index in [-0.39, 0.29) is 19.1 Å². The Morgan fingerprint density at radius 2 is 0.826 bits per heavy atom. The summed E-state index contributed by atoms with van der Waals surface area (Å²) in [7, 11) is 1.57. The molecule has 1 amide bonds. The van der Waals surface area contributed by atoms with E-state index in [4.69, 9.17) is 9.05 Å². The lowest BCUT2D eigenvalue weighted by Crippen LogP contribution is -2.45. The average molecular weight is 995 g/mol. The molecule has 0 aliphatic rings. The van der Waals surface area contributed by atoms with Crippen LogP contribution in [0.2, 0.25) is 0 Å². The maximum absolute atomic E-state index is 13.0. The number of amides is 1. The van der Waals surface area contributed by atoms with Crippen LogP contribution < -0.4 is 5.32 Å². The van der Waals surface area contributed by atoms with E-state index in [0.29, 0.717) is 17.4 Å². The van der Waals surface area contributed by atoms with Crippen LogP contribution in [0.4, 0.5) is 0 Å². The van der Waals surface area contributed by atoms with Crippen LogP contribution >= 0.6 is 7.82 Å². The topological polar surface area (TPSA) is 105 Å². The molecule has 0 bridgehead atoms. The highest BCUT2D eigenvalue weighted by atomic mass is 31.2. The van der Waals surface area contributed by atoms with Gasteiger partial charge in [0.2, 0.25) is 5.91 Å². The summed E-state index contributed by atoms with van der Waals surface area (Å²) in [5, 5.41) is 14.0. The number of aliphatic hydroxyl groups excluding tert-OH is 1. The zero-order chi connectivity index (χ0) is 50.6. The summed E-state index contributed by atoms with van der Waals surface area (Å²) in [5.74, 6) is -0.181. The number of hydrogen-bond donors (Lipinski definition) is 3. The van der Waals surface area contributed by atoms with Gasteiger partial charge in [0.1, 0.15) is 13.2 Å². The van der Waals surface area contributed by atoms with Gasteiger partial charge in [-0.25, -0.2) is 4.57 Å². The first-order valence-corrected chi connectivity index (χ1v) is 31.4. The molecule has 0 aliphatic heterocycles. The maximum Gasteiger partial charge on any atom is 0.472 e. The monoisotopic (exact) mass is 994 g/mol. The van der Waals surface area contributed by atoms with Gasteiger partial charge < -0.3 is 19.8 Å². The highest BCUT2D eigenvalue weighted by molar-refractivity contribution is 7.47. The fourth-order valence-electron chi connectivity index (χ4n) is 8.90. The zero-order valence-electron chi connectivity index (χ0n) is 46.6. The molecule has 3 unspecified atom stereocenters. The molecular weight excluding hydrogens is 876 g/mol. The highest BCUT2D eigenvalue weighted by Crippen LogP contribution is 2.43. The molecule has 9 heteroatoms. The number of allylic oxidation sites excluding steroid dienone is 5. The van der Waals surface area contributed by atoms with Crippen molar-refractivity contribution in [1.29, 1.82) is 0 Å². The Balaban J connectivity index is 4.21. The Hall–Kier alpha value is -1.28. The molecule has 0 spiro atoms. The number of likely N-dealkylation sites (N-methyl/N-ethyl adjacent to an activating group) is 1. The van der Waals surface area contributed by atoms with E-state index in [0.717, 1.165) is 51.4 Å². The molecule has 3 atom stereocenters. The van der Waals surface area contributed by atoms with E-state index >= 15 is 0 Å². The largest absolute Gasteiger partial charge is 0.472 e. The van der Waals surface area contributed by atoms with Crippen LogP contribution in [0.5, 0.6) is 0 Å². The van der Waals surface area contributed by atoms with Gasteiger partial charge in [-0.15, -0.1) is 0 Å². The van der Waals surface area contributed by atoms with E-state index < -0.39 is 20.0 Å². The molecule has 0 aromatic heterocycles. The van der Waals surface area contributed by atoms with Crippen molar-refractivity contribution < 1.29 is 32.9 Å². The molecule has 0 aromatic carbocycles. The predicted octanol–water partition coefficient (Wildman–Crippen LogP) is 18.2. The quantitative estimate of drug-likeness (QED) is 0.0243. The number of nitrogens with zero attached hydrogens (tertiary/aromatic N) is 1. The Labute approximate surface area is 429 Å². The Kier molecular flexibility index (Phi) is 50.7. The summed E-state index contributed by atoms with van der Waals surface area (Å²) in [6.45, 7) is 4.85. The van der Waals surface area contributed by atoms with Gasteiger partial charge in [-0.1, -0.05) is 269 Å². The number of nitrogens with one attached hydrogen (secondary N) is 1. The van der Waals surface area contributed by atoms with E-state index in [1.54, 1.807) is 6.08 Å². The third kappa shape index (κ3) is 54.3. The standard InChI is InChI=1S/C60H117N2O6P/c1-6-8-10-12-14-16-18-20-22-24-26-28-30-32-33-35-37-39-41-43-45-47-49-51-53-59(63)58(57-68-69(65,66)67-56-55-62(3,4)5)61-60(64)54-52-50-48-46-44-42-40-38-36-34-31-29-27-25-23-21-19-17-15-13-11-9-7-2/h27,29,34,36,51,53,58-59,63H,6-26,28,30-33,35,37-50,52,54-57H2,1-5H3,(H-,61,64,65,66)/p+1/b29-27-,36-34-,53-51+. The van der Waals surface area contributed by atoms with Gasteiger partial charge >= 0.3 is 7.82 Å². The number of hydrogen-bond acceptors (Lipinski definition) is 5. The van der Waals surface area contributed by atoms with Crippen LogP contribution in [0.1, 0.15) is 290 Å². The van der Waals surface area contributed by atoms with Crippen molar-refractivity contribution >= 4 is 13.7 Å². The SMILES string of the molecule is CCCCCCCCCCC/C=C\C/C=C\CCCCCCCCCC(=O)NC(COP(=O)(O)OCC[N+](C)(C)C)C(O)/C=C/CCCCCCCCCCCCCCCCCCCCCCCC. The number of carbonyl (C=O) groups excluding carboxylic acids is 1. The summed E-state index contributed by atoms with van der Waals surface area (Å²) in [4.78, 5) is 23.3. The molecule has 8 nitrogen and oxygen atoms in total. The molecule has 3 N–H and O–H groups in total. The summed E-state index contributed by atoms with van der Waals surface area (Å²) in [6.07, 6.45) is 66.7. The second-order valence-electron chi connectivity index (χ2n) is 21.7. The van der Waals surface area contributed by atoms with Crippen LogP contribution in [-0.4, -0.2) is 73.4 Å². The molecule has 0 aliphatic carbocycles. The van der Waals surface area contributed by atoms with Crippen molar-refractivity contribution in [3.63, 3.8) is 0 Å². The Morgan fingerprint density at radius 1 is 0.493 bits per heavy atom. The molecule has 0 saturated carbocycles. The number of unbranched alkanes of at least 4 members (excludes halogenated alkanes) is 38. The summed E-state index contributed by atoms with van der Waals surface area (Å²) in [6, 6.07) is -0.852. The van der Waals surface area contributed by atoms with E-state index in [1.165, 1.54) is 218 Å². The van der Waals surface area contributed by atoms with Gasteiger partial charge in [-0.05, 0) is 51.4 Å². The maximum atomic E-state index is 13.0. The minimum absolute atomic E-state index is 0.0602. The molecule has 0 saturated heterocycles. The molecule has 0 heterocycles. The van der Waals surface area contributed by atoms with Crippen LogP contribution in [-0.2, 0) is 18.4 Å². The first-order valence-electron chi connectivity index (χ1n) is 29.9. The summed E-state index contributed by atoms with van der Waals surface area (Å²) < 4.78 is 23.7. The van der Waals surface area contributed by atoms with Crippen LogP contribution in [0.25, 0.3) is 0 Å². The molecule has 69 heavy (non-hydrogen) atoms. The molecule has 0 rings (SSSR count). The fourth-order valence-corrected chi connectivity index (χ4v) is 9.63. The number of aliphatic hydroxyl groups is 1. The minimum atomic E-state index is -4.35. The molecule has 0 aromatic rings. The number of phosphoric acid groups is 1. The third-order valence-corrected chi connectivity index (χ3v) is 14.6. The van der Waals surface area contributed by atoms with Crippen molar-refractivity contribution in [2.45, 2.75) is 302 Å². The van der Waals surface area contributed by atoms with Crippen molar-refractivity contribution in [3.05, 3.63) is 36.5 Å². The minimum Gasteiger partial charge on any atom is -0.387 e. The lowest BCUT2D eigenvalue weighted by Gasteiger charge is -2.25. The normalized spacial score (nSPS) is 14.1. The smallest absolute Gasteiger partial charge is 0.387 e. The van der Waals surface area contributed by atoms with Crippen molar-refractivity contribution in [1.82, 2.24) is 5.32 Å². The third-order valence-electron chi connectivity index (χ3n) is 13.6. The second-order valence-corrected chi connectivity index (χ2v) is 23.2. The summed E-state index contributed by atoms with van der Waals surface area (Å²) >= 11 is 0. The molecular formula is C60H118N2O6P+. The number of quaternary nitrogens is 1. The first kappa shape index (κ1) is 67.7. The number of rotatable bonds is 55. The second kappa shape index (κ2) is 51.6. The zero-order valence-corrected chi connectivity index (χ0v) is 47.5. The van der Waals surface area contributed by atoms with Gasteiger partial charge in [-0.2, -0.15) is 0 Å². The van der Waals surface area contributed by atoms with E-state index in [9.17, 15) is 19.4 Å². The summed E-state index contributed by atoms with van der Waals surface area (Å²) in [5.41, 5.74) is 0. The average Bonchev–Trinajstić information content (AvgIpc) is 3.31. The Morgan fingerprint density at radius 3 is 1.19 bits per heavy atom. The lowest BCUT2D eigenvalue weighted by molar-refractivity contribution is -0.870. The van der Waals surface area contributed by atoms with Crippen molar-refractivity contribution in [3.8, 4) is 0 Å². The van der Waals surface area contributed by atoms with Gasteiger partial charge in [-0.3, -0.25) is 13.8 Å². The van der Waals surface area contributed by atoms with Crippen molar-refractivity contribution in [2.24, 2.45) is 0 Å². The lowest BCUT2D eigenvalue weighted by atomic mass is 10.0. The van der Waals surface area contributed by atoms with Gasteiger partial charge in [0.05, 0.1) is 39.9 Å². The number of carbonyl (C=O) groups is 1. The van der Waals surface area contributed by atoms with Gasteiger partial charge in [0.15, 0.2) is 0 Å². The van der Waals surface area contributed by atoms with E-state index in [1.807, 2.05) is 27.2 Å². The van der Waals surface area contributed by atoms with Crippen LogP contribution in [0.15, 0.2) is 36.5 Å². The molecule has 0 radical (unpaired) electrons. The van der Waals surface area contributed by atoms with Crippen molar-refractivity contribution in [2.75, 3.05) is 40.9 Å². The molecule has 0 fully saturated rings. The first-order chi connectivity index (χ1) is 33.5. The van der Waals surface area contributed by atoms with Gasteiger partial charge in [0.25, 0.3) is 0 Å². The van der Waals surface area contributed by atoms with Gasteiger partial charge in [0, 0.05) is 6.42 Å². The number of phosphoric ester groups is 1.